The second kappa shape index (κ2) is 13.2. The Kier molecular flexibility index (Phi) is 9.72. The number of nitrogens with zero attached hydrogens (tertiary/aromatic N) is 6. The minimum absolute atomic E-state index is 0.280. The van der Waals surface area contributed by atoms with Gasteiger partial charge in [0.1, 0.15) is 17.6 Å². The van der Waals surface area contributed by atoms with Gasteiger partial charge in [-0.3, -0.25) is 9.36 Å². The van der Waals surface area contributed by atoms with Gasteiger partial charge in [0.05, 0.1) is 30.9 Å². The van der Waals surface area contributed by atoms with Crippen molar-refractivity contribution >= 4 is 40.5 Å². The number of carbonyl (C=O) groups excluding carboxylic acids is 1. The van der Waals surface area contributed by atoms with Gasteiger partial charge in [0.2, 0.25) is 5.95 Å². The molecule has 2 aromatic heterocycles. The summed E-state index contributed by atoms with van der Waals surface area (Å²) in [5, 5.41) is 6.31. The molecule has 2 heterocycles. The lowest BCUT2D eigenvalue weighted by atomic mass is 10.2. The Hall–Kier alpha value is -4.51. The van der Waals surface area contributed by atoms with E-state index in [4.69, 9.17) is 9.53 Å². The molecule has 38 heavy (non-hydrogen) atoms. The van der Waals surface area contributed by atoms with Crippen molar-refractivity contribution in [1.82, 2.24) is 24.4 Å². The topological polar surface area (TPSA) is 118 Å². The number of benzene rings is 2. The summed E-state index contributed by atoms with van der Waals surface area (Å²) in [6.45, 7) is 3.27. The van der Waals surface area contributed by atoms with Gasteiger partial charge in [0, 0.05) is 44.6 Å². The number of aldehydes is 1. The maximum Gasteiger partial charge on any atom is 0.275 e. The highest BCUT2D eigenvalue weighted by molar-refractivity contribution is 5.75. The summed E-state index contributed by atoms with van der Waals surface area (Å²) >= 11 is 0. The molecule has 0 spiro atoms. The van der Waals surface area contributed by atoms with E-state index in [2.05, 4.69) is 49.5 Å². The van der Waals surface area contributed by atoms with Gasteiger partial charge in [-0.2, -0.15) is 4.98 Å². The average molecular weight is 519 g/mol. The predicted molar refractivity (Wildman–Crippen MR) is 152 cm³/mol. The van der Waals surface area contributed by atoms with E-state index in [0.717, 1.165) is 30.8 Å². The van der Waals surface area contributed by atoms with E-state index in [0.29, 0.717) is 34.2 Å². The minimum atomic E-state index is -0.280. The van der Waals surface area contributed by atoms with Gasteiger partial charge >= 0.3 is 0 Å². The molecule has 0 amide bonds. The summed E-state index contributed by atoms with van der Waals surface area (Å²) in [6, 6.07) is 13.5. The zero-order chi connectivity index (χ0) is 27.7. The van der Waals surface area contributed by atoms with Crippen LogP contribution in [-0.4, -0.2) is 79.1 Å². The van der Waals surface area contributed by atoms with Crippen LogP contribution in [0.25, 0.3) is 16.9 Å². The number of rotatable bonds is 9. The molecular weight excluding hydrogens is 484 g/mol. The highest BCUT2D eigenvalue weighted by Crippen LogP contribution is 2.31. The SMILES string of the molecule is CC=O.CNc1cccc(-n2c(=O)cnc3cnc(Nc4ccc(N(C)CCN(C)C)cc4OC)nc32)c1. The molecule has 0 saturated heterocycles. The van der Waals surface area contributed by atoms with E-state index < -0.39 is 0 Å². The molecule has 0 bridgehead atoms. The third kappa shape index (κ3) is 6.83. The van der Waals surface area contributed by atoms with E-state index in [1.165, 1.54) is 17.7 Å². The van der Waals surface area contributed by atoms with Crippen LogP contribution in [0, 0.1) is 0 Å². The fourth-order valence-corrected chi connectivity index (χ4v) is 3.64. The molecular formula is C27H34N8O3. The maximum absolute atomic E-state index is 12.8. The van der Waals surface area contributed by atoms with Gasteiger partial charge < -0.3 is 30.0 Å². The number of carbonyl (C=O) groups is 1. The van der Waals surface area contributed by atoms with Crippen LogP contribution in [0.3, 0.4) is 0 Å². The van der Waals surface area contributed by atoms with E-state index in [9.17, 15) is 4.79 Å². The van der Waals surface area contributed by atoms with Gasteiger partial charge in [-0.25, -0.2) is 9.97 Å². The molecule has 0 atom stereocenters. The number of ether oxygens (including phenoxy) is 1. The lowest BCUT2D eigenvalue weighted by molar-refractivity contribution is -0.106. The molecule has 2 N–H and O–H groups in total. The number of aromatic nitrogens is 4. The molecule has 4 aromatic rings. The van der Waals surface area contributed by atoms with Crippen LogP contribution in [0.2, 0.25) is 0 Å². The molecule has 0 fully saturated rings. The third-order valence-electron chi connectivity index (χ3n) is 5.64. The minimum Gasteiger partial charge on any atom is -0.494 e. The summed E-state index contributed by atoms with van der Waals surface area (Å²) in [6.07, 6.45) is 3.62. The second-order valence-electron chi connectivity index (χ2n) is 8.60. The fourth-order valence-electron chi connectivity index (χ4n) is 3.64. The Morgan fingerprint density at radius 3 is 2.50 bits per heavy atom. The normalized spacial score (nSPS) is 10.5. The maximum atomic E-state index is 12.8. The Morgan fingerprint density at radius 2 is 1.82 bits per heavy atom. The number of hydrogen-bond acceptors (Lipinski definition) is 10. The van der Waals surface area contributed by atoms with E-state index in [-0.39, 0.29) is 5.56 Å². The lowest BCUT2D eigenvalue weighted by Crippen LogP contribution is -2.28. The molecule has 0 aliphatic carbocycles. The van der Waals surface area contributed by atoms with Crippen LogP contribution in [0.1, 0.15) is 6.92 Å². The van der Waals surface area contributed by atoms with Gasteiger partial charge in [-0.1, -0.05) is 6.07 Å². The van der Waals surface area contributed by atoms with E-state index in [1.807, 2.05) is 56.6 Å². The molecule has 11 heteroatoms. The van der Waals surface area contributed by atoms with Crippen molar-refractivity contribution in [1.29, 1.82) is 0 Å². The standard InChI is InChI=1S/C25H30N8O2.C2H4O/c1-26-17-7-6-8-19(13-17)33-23(34)16-27-21-15-28-25(30-24(21)33)29-20-10-9-18(14-22(20)35-5)32(4)12-11-31(2)3;1-2-3/h6-10,13-16,26H,11-12H2,1-5H3,(H,28,29,30);2H,1H3. The number of anilines is 4. The Morgan fingerprint density at radius 1 is 1.05 bits per heavy atom. The molecule has 0 radical (unpaired) electrons. The zero-order valence-electron chi connectivity index (χ0n) is 22.6. The predicted octanol–water partition coefficient (Wildman–Crippen LogP) is 3.17. The van der Waals surface area contributed by atoms with Gasteiger partial charge in [-0.05, 0) is 51.4 Å². The first kappa shape index (κ1) is 28.1. The van der Waals surface area contributed by atoms with Gasteiger partial charge in [-0.15, -0.1) is 0 Å². The second-order valence-corrected chi connectivity index (χ2v) is 8.60. The Balaban J connectivity index is 0.00000127. The van der Waals surface area contributed by atoms with Crippen molar-refractivity contribution in [3.05, 3.63) is 65.2 Å². The molecule has 200 valence electrons. The lowest BCUT2D eigenvalue weighted by Gasteiger charge is -2.22. The number of nitrogens with one attached hydrogen (secondary N) is 2. The number of likely N-dealkylation sites (N-methyl/N-ethyl adjacent to an activating group) is 2. The van der Waals surface area contributed by atoms with Crippen LogP contribution < -0.4 is 25.8 Å². The van der Waals surface area contributed by atoms with Crippen molar-refractivity contribution < 1.29 is 9.53 Å². The van der Waals surface area contributed by atoms with Crippen molar-refractivity contribution in [2.75, 3.05) is 63.9 Å². The van der Waals surface area contributed by atoms with E-state index in [1.54, 1.807) is 13.3 Å². The largest absolute Gasteiger partial charge is 0.494 e. The van der Waals surface area contributed by atoms with E-state index >= 15 is 0 Å². The fraction of sp³-hybridized carbons (Fsp3) is 0.296. The highest BCUT2D eigenvalue weighted by atomic mass is 16.5. The third-order valence-corrected chi connectivity index (χ3v) is 5.64. The quantitative estimate of drug-likeness (QED) is 0.320. The first-order valence-electron chi connectivity index (χ1n) is 12.0. The average Bonchev–Trinajstić information content (AvgIpc) is 2.92. The summed E-state index contributed by atoms with van der Waals surface area (Å²) in [5.41, 5.74) is 3.95. The molecule has 11 nitrogen and oxygen atoms in total. The molecule has 0 saturated carbocycles. The van der Waals surface area contributed by atoms with Crippen LogP contribution in [0.4, 0.5) is 23.0 Å². The molecule has 2 aromatic carbocycles. The van der Waals surface area contributed by atoms with Crippen LogP contribution in [-0.2, 0) is 4.79 Å². The molecule has 4 rings (SSSR count). The van der Waals surface area contributed by atoms with Crippen LogP contribution in [0.5, 0.6) is 5.75 Å². The molecule has 0 unspecified atom stereocenters. The van der Waals surface area contributed by atoms with Gasteiger partial charge in [0.25, 0.3) is 5.56 Å². The monoisotopic (exact) mass is 518 g/mol. The first-order chi connectivity index (χ1) is 18.3. The first-order valence-corrected chi connectivity index (χ1v) is 12.0. The number of methoxy groups -OCH3 is 1. The molecule has 0 aliphatic heterocycles. The number of hydrogen-bond donors (Lipinski definition) is 2. The summed E-state index contributed by atoms with van der Waals surface area (Å²) in [4.78, 5) is 39.1. The van der Waals surface area contributed by atoms with Gasteiger partial charge in [0.15, 0.2) is 5.65 Å². The van der Waals surface area contributed by atoms with Crippen molar-refractivity contribution in [3.63, 3.8) is 0 Å². The summed E-state index contributed by atoms with van der Waals surface area (Å²) in [5.74, 6) is 0.989. The Labute approximate surface area is 222 Å². The van der Waals surface area contributed by atoms with Crippen molar-refractivity contribution in [2.24, 2.45) is 0 Å². The molecule has 0 aliphatic rings. The van der Waals surface area contributed by atoms with Crippen molar-refractivity contribution in [3.8, 4) is 11.4 Å². The number of fused-ring (bicyclic) bond motifs is 1. The summed E-state index contributed by atoms with van der Waals surface area (Å²) in [7, 11) is 9.61. The van der Waals surface area contributed by atoms with Crippen LogP contribution in [0.15, 0.2) is 59.7 Å². The zero-order valence-corrected chi connectivity index (χ0v) is 22.6. The highest BCUT2D eigenvalue weighted by Gasteiger charge is 2.13. The summed E-state index contributed by atoms with van der Waals surface area (Å²) < 4.78 is 7.15. The smallest absolute Gasteiger partial charge is 0.275 e. The Bertz CT molecular complexity index is 1440. The van der Waals surface area contributed by atoms with Crippen LogP contribution >= 0.6 is 0 Å². The van der Waals surface area contributed by atoms with Crippen molar-refractivity contribution in [2.45, 2.75) is 6.92 Å².